The largest absolute Gasteiger partial charge is 0.459 e. The van der Waals surface area contributed by atoms with Crippen molar-refractivity contribution in [3.05, 3.63) is 23.8 Å². The van der Waals surface area contributed by atoms with Gasteiger partial charge >= 0.3 is 5.97 Å². The Morgan fingerprint density at radius 3 is 2.75 bits per heavy atom. The minimum atomic E-state index is -0.231. The number of aromatic nitrogens is 1. The van der Waals surface area contributed by atoms with E-state index in [1.54, 1.807) is 6.07 Å². The van der Waals surface area contributed by atoms with Crippen LogP contribution in [0.5, 0.6) is 0 Å². The first kappa shape index (κ1) is 13.4. The third-order valence-corrected chi connectivity index (χ3v) is 4.56. The molecule has 1 aromatic heterocycles. The minimum absolute atomic E-state index is 0.0761. The van der Waals surface area contributed by atoms with Crippen LogP contribution in [0.25, 0.3) is 10.2 Å². The first-order valence-corrected chi connectivity index (χ1v) is 7.91. The Kier molecular flexibility index (Phi) is 3.87. The van der Waals surface area contributed by atoms with Gasteiger partial charge in [-0.2, -0.15) is 0 Å². The lowest BCUT2D eigenvalue weighted by molar-refractivity contribution is 0.0267. The van der Waals surface area contributed by atoms with E-state index in [4.69, 9.17) is 10.5 Å². The van der Waals surface area contributed by atoms with Gasteiger partial charge in [-0.05, 0) is 43.9 Å². The average molecular weight is 290 g/mol. The van der Waals surface area contributed by atoms with E-state index in [9.17, 15) is 4.79 Å². The smallest absolute Gasteiger partial charge is 0.338 e. The highest BCUT2D eigenvalue weighted by Crippen LogP contribution is 2.26. The molecule has 1 saturated carbocycles. The molecule has 0 amide bonds. The molecule has 0 atom stereocenters. The van der Waals surface area contributed by atoms with E-state index in [1.165, 1.54) is 24.2 Å². The number of benzene rings is 1. The number of hydrogen-bond donors (Lipinski definition) is 1. The molecule has 1 aliphatic rings. The maximum Gasteiger partial charge on any atom is 0.338 e. The molecule has 1 heterocycles. The number of thiazole rings is 1. The summed E-state index contributed by atoms with van der Waals surface area (Å²) in [6.07, 6.45) is 6.86. The maximum atomic E-state index is 12.2. The number of esters is 1. The van der Waals surface area contributed by atoms with Gasteiger partial charge in [0.15, 0.2) is 5.13 Å². The third-order valence-electron chi connectivity index (χ3n) is 3.72. The monoisotopic (exact) mass is 290 g/mol. The van der Waals surface area contributed by atoms with Crippen LogP contribution in [0.15, 0.2) is 18.2 Å². The van der Waals surface area contributed by atoms with Gasteiger partial charge < -0.3 is 10.5 Å². The molecule has 1 aromatic carbocycles. The zero-order valence-electron chi connectivity index (χ0n) is 11.3. The normalized spacial score (nSPS) is 17.0. The Labute approximate surface area is 122 Å². The Bertz CT molecular complexity index is 615. The number of ether oxygens (including phenoxy) is 1. The zero-order valence-corrected chi connectivity index (χ0v) is 12.1. The van der Waals surface area contributed by atoms with Crippen molar-refractivity contribution in [3.63, 3.8) is 0 Å². The van der Waals surface area contributed by atoms with Crippen molar-refractivity contribution in [3.8, 4) is 0 Å². The van der Waals surface area contributed by atoms with Gasteiger partial charge in [0.25, 0.3) is 0 Å². The summed E-state index contributed by atoms with van der Waals surface area (Å²) in [4.78, 5) is 16.4. The average Bonchev–Trinajstić information content (AvgIpc) is 2.62. The molecule has 0 unspecified atom stereocenters. The number of rotatable bonds is 2. The van der Waals surface area contributed by atoms with Gasteiger partial charge in [-0.3, -0.25) is 0 Å². The second-order valence-corrected chi connectivity index (χ2v) is 6.32. The predicted molar refractivity (Wildman–Crippen MR) is 80.9 cm³/mol. The summed E-state index contributed by atoms with van der Waals surface area (Å²) in [6, 6.07) is 5.41. The van der Waals surface area contributed by atoms with Crippen molar-refractivity contribution in [2.24, 2.45) is 0 Å². The lowest BCUT2D eigenvalue weighted by atomic mass is 10.1. The molecule has 2 aromatic rings. The quantitative estimate of drug-likeness (QED) is 0.675. The lowest BCUT2D eigenvalue weighted by Crippen LogP contribution is -2.17. The summed E-state index contributed by atoms with van der Waals surface area (Å²) in [7, 11) is 0. The van der Waals surface area contributed by atoms with Crippen LogP contribution in [0.4, 0.5) is 5.13 Å². The summed E-state index contributed by atoms with van der Waals surface area (Å²) < 4.78 is 6.56. The number of anilines is 1. The summed E-state index contributed by atoms with van der Waals surface area (Å²) in [5, 5.41) is 0.522. The maximum absolute atomic E-state index is 12.2. The van der Waals surface area contributed by atoms with Crippen molar-refractivity contribution in [1.29, 1.82) is 0 Å². The van der Waals surface area contributed by atoms with Crippen LogP contribution >= 0.6 is 11.3 Å². The van der Waals surface area contributed by atoms with Gasteiger partial charge in [0.05, 0.1) is 15.8 Å². The number of fused-ring (bicyclic) bond motifs is 1. The van der Waals surface area contributed by atoms with Crippen molar-refractivity contribution in [2.75, 3.05) is 5.73 Å². The molecule has 1 aliphatic carbocycles. The summed E-state index contributed by atoms with van der Waals surface area (Å²) in [6.45, 7) is 0. The van der Waals surface area contributed by atoms with Crippen LogP contribution < -0.4 is 5.73 Å². The molecule has 0 spiro atoms. The van der Waals surface area contributed by atoms with Crippen LogP contribution in [0.3, 0.4) is 0 Å². The van der Waals surface area contributed by atoms with Crippen LogP contribution in [-0.2, 0) is 4.74 Å². The second kappa shape index (κ2) is 5.79. The fourth-order valence-electron chi connectivity index (χ4n) is 2.65. The van der Waals surface area contributed by atoms with Crippen molar-refractivity contribution in [2.45, 2.75) is 44.6 Å². The van der Waals surface area contributed by atoms with E-state index in [2.05, 4.69) is 4.98 Å². The molecule has 0 saturated heterocycles. The van der Waals surface area contributed by atoms with Gasteiger partial charge in [-0.1, -0.05) is 24.2 Å². The van der Waals surface area contributed by atoms with E-state index < -0.39 is 0 Å². The first-order chi connectivity index (χ1) is 9.72. The molecule has 3 rings (SSSR count). The molecule has 0 aliphatic heterocycles. The number of nitrogens with two attached hydrogens (primary N) is 1. The molecule has 2 N–H and O–H groups in total. The fourth-order valence-corrected chi connectivity index (χ4v) is 3.42. The molecule has 5 heteroatoms. The van der Waals surface area contributed by atoms with Crippen molar-refractivity contribution >= 4 is 32.7 Å². The number of hydrogen-bond acceptors (Lipinski definition) is 5. The SMILES string of the molecule is Nc1nc2ccc(C(=O)OC3CCCCCC3)cc2s1. The van der Waals surface area contributed by atoms with Gasteiger partial charge in [0.2, 0.25) is 0 Å². The summed E-state index contributed by atoms with van der Waals surface area (Å²) in [5.41, 5.74) is 7.10. The van der Waals surface area contributed by atoms with Crippen LogP contribution in [0, 0.1) is 0 Å². The number of carbonyl (C=O) groups excluding carboxylic acids is 1. The first-order valence-electron chi connectivity index (χ1n) is 7.09. The van der Waals surface area contributed by atoms with Crippen LogP contribution in [0.2, 0.25) is 0 Å². The Morgan fingerprint density at radius 2 is 2.00 bits per heavy atom. The van der Waals surface area contributed by atoms with E-state index in [0.717, 1.165) is 35.9 Å². The Morgan fingerprint density at radius 1 is 1.25 bits per heavy atom. The van der Waals surface area contributed by atoms with E-state index in [1.807, 2.05) is 12.1 Å². The molecular weight excluding hydrogens is 272 g/mol. The molecular formula is C15H18N2O2S. The summed E-state index contributed by atoms with van der Waals surface area (Å²) in [5.74, 6) is -0.231. The van der Waals surface area contributed by atoms with Crippen molar-refractivity contribution in [1.82, 2.24) is 4.98 Å². The standard InChI is InChI=1S/C15H18N2O2S/c16-15-17-12-8-7-10(9-13(12)20-15)14(18)19-11-5-3-1-2-4-6-11/h7-9,11H,1-6H2,(H2,16,17). The van der Waals surface area contributed by atoms with Gasteiger partial charge in [0, 0.05) is 0 Å². The fraction of sp³-hybridized carbons (Fsp3) is 0.467. The van der Waals surface area contributed by atoms with Crippen LogP contribution in [-0.4, -0.2) is 17.1 Å². The highest BCUT2D eigenvalue weighted by Gasteiger charge is 2.18. The molecule has 0 radical (unpaired) electrons. The van der Waals surface area contributed by atoms with E-state index in [-0.39, 0.29) is 12.1 Å². The van der Waals surface area contributed by atoms with E-state index >= 15 is 0 Å². The molecule has 106 valence electrons. The molecule has 4 nitrogen and oxygen atoms in total. The number of carbonyl (C=O) groups is 1. The number of nitrogen functional groups attached to an aromatic ring is 1. The van der Waals surface area contributed by atoms with Crippen molar-refractivity contribution < 1.29 is 9.53 Å². The molecule has 20 heavy (non-hydrogen) atoms. The molecule has 0 bridgehead atoms. The predicted octanol–water partition coefficient (Wildman–Crippen LogP) is 3.76. The Hall–Kier alpha value is -1.62. The number of nitrogens with zero attached hydrogens (tertiary/aromatic N) is 1. The lowest BCUT2D eigenvalue weighted by Gasteiger charge is -2.15. The third kappa shape index (κ3) is 2.93. The highest BCUT2D eigenvalue weighted by atomic mass is 32.1. The van der Waals surface area contributed by atoms with Crippen LogP contribution in [0.1, 0.15) is 48.9 Å². The minimum Gasteiger partial charge on any atom is -0.459 e. The highest BCUT2D eigenvalue weighted by molar-refractivity contribution is 7.22. The van der Waals surface area contributed by atoms with Gasteiger partial charge in [-0.25, -0.2) is 9.78 Å². The topological polar surface area (TPSA) is 65.2 Å². The molecule has 1 fully saturated rings. The summed E-state index contributed by atoms with van der Waals surface area (Å²) >= 11 is 1.39. The second-order valence-electron chi connectivity index (χ2n) is 5.25. The van der Waals surface area contributed by atoms with Gasteiger partial charge in [0.1, 0.15) is 6.10 Å². The Balaban J connectivity index is 1.74. The van der Waals surface area contributed by atoms with Gasteiger partial charge in [-0.15, -0.1) is 0 Å². The van der Waals surface area contributed by atoms with E-state index in [0.29, 0.717) is 10.7 Å². The zero-order chi connectivity index (χ0) is 13.9.